The molecule has 0 amide bonds. The molecule has 0 bridgehead atoms. The van der Waals surface area contributed by atoms with Crippen molar-refractivity contribution in [1.29, 1.82) is 0 Å². The molecule has 92 valence electrons. The molecule has 3 N–H and O–H groups in total. The van der Waals surface area contributed by atoms with E-state index in [0.717, 1.165) is 0 Å². The lowest BCUT2D eigenvalue weighted by Crippen LogP contribution is -2.46. The van der Waals surface area contributed by atoms with E-state index in [4.69, 9.17) is 5.84 Å². The van der Waals surface area contributed by atoms with E-state index < -0.39 is 0 Å². The lowest BCUT2D eigenvalue weighted by molar-refractivity contribution is 0.565. The van der Waals surface area contributed by atoms with Crippen LogP contribution in [-0.4, -0.2) is 28.6 Å². The van der Waals surface area contributed by atoms with Gasteiger partial charge in [-0.25, -0.2) is 0 Å². The summed E-state index contributed by atoms with van der Waals surface area (Å²) in [5.41, 5.74) is 4.64. The standard InChI is InChI=1S/C12H22N2S2/c13-14-12(11-9-15-7-8-16-11)10-5-3-1-2-4-6-10/h5,11-12,14H,1-4,6-9,13H2. The summed E-state index contributed by atoms with van der Waals surface area (Å²) in [5.74, 6) is 9.60. The van der Waals surface area contributed by atoms with Crippen LogP contribution in [-0.2, 0) is 0 Å². The van der Waals surface area contributed by atoms with Crippen LogP contribution in [0.1, 0.15) is 32.1 Å². The lowest BCUT2D eigenvalue weighted by atomic mass is 10.00. The van der Waals surface area contributed by atoms with Crippen LogP contribution in [0.4, 0.5) is 0 Å². The highest BCUT2D eigenvalue weighted by atomic mass is 32.2. The van der Waals surface area contributed by atoms with Crippen molar-refractivity contribution in [3.05, 3.63) is 11.6 Å². The second kappa shape index (κ2) is 6.94. The van der Waals surface area contributed by atoms with Gasteiger partial charge in [-0.1, -0.05) is 18.1 Å². The normalized spacial score (nSPS) is 29.3. The Labute approximate surface area is 107 Å². The highest BCUT2D eigenvalue weighted by Gasteiger charge is 2.26. The Morgan fingerprint density at radius 3 is 3.00 bits per heavy atom. The van der Waals surface area contributed by atoms with Crippen LogP contribution >= 0.6 is 23.5 Å². The van der Waals surface area contributed by atoms with E-state index in [1.54, 1.807) is 5.57 Å². The summed E-state index contributed by atoms with van der Waals surface area (Å²) in [6.07, 6.45) is 9.01. The molecule has 2 atom stereocenters. The molecule has 4 heteroatoms. The van der Waals surface area contributed by atoms with E-state index in [-0.39, 0.29) is 0 Å². The molecule has 2 unspecified atom stereocenters. The molecule has 2 aliphatic rings. The summed E-state index contributed by atoms with van der Waals surface area (Å²) in [5, 5.41) is 0.674. The largest absolute Gasteiger partial charge is 0.271 e. The summed E-state index contributed by atoms with van der Waals surface area (Å²) in [4.78, 5) is 0. The molecule has 16 heavy (non-hydrogen) atoms. The molecular weight excluding hydrogens is 236 g/mol. The number of hydrogen-bond acceptors (Lipinski definition) is 4. The Bertz CT molecular complexity index is 237. The van der Waals surface area contributed by atoms with Gasteiger partial charge in [0.25, 0.3) is 0 Å². The first-order valence-electron chi connectivity index (χ1n) is 6.26. The van der Waals surface area contributed by atoms with Gasteiger partial charge in [-0.05, 0) is 25.7 Å². The quantitative estimate of drug-likeness (QED) is 0.463. The molecule has 1 fully saturated rings. The zero-order valence-corrected chi connectivity index (χ0v) is 11.4. The topological polar surface area (TPSA) is 38.0 Å². The van der Waals surface area contributed by atoms with Gasteiger partial charge in [0.15, 0.2) is 0 Å². The molecule has 1 saturated heterocycles. The maximum absolute atomic E-state index is 5.77. The number of hydrazine groups is 1. The Kier molecular flexibility index (Phi) is 5.56. The Morgan fingerprint density at radius 1 is 1.31 bits per heavy atom. The summed E-state index contributed by atoms with van der Waals surface area (Å²) < 4.78 is 0. The van der Waals surface area contributed by atoms with Gasteiger partial charge < -0.3 is 0 Å². The lowest BCUT2D eigenvalue weighted by Gasteiger charge is -2.30. The zero-order valence-electron chi connectivity index (χ0n) is 9.78. The van der Waals surface area contributed by atoms with Gasteiger partial charge in [-0.15, -0.1) is 0 Å². The van der Waals surface area contributed by atoms with Crippen LogP contribution in [0.3, 0.4) is 0 Å². The summed E-state index contributed by atoms with van der Waals surface area (Å²) in [6.45, 7) is 0. The second-order valence-corrected chi connectivity index (χ2v) is 7.00. The number of allylic oxidation sites excluding steroid dienone is 1. The van der Waals surface area contributed by atoms with Gasteiger partial charge in [-0.3, -0.25) is 11.3 Å². The molecular formula is C12H22N2S2. The van der Waals surface area contributed by atoms with E-state index >= 15 is 0 Å². The van der Waals surface area contributed by atoms with Crippen LogP contribution in [0.2, 0.25) is 0 Å². The molecule has 2 nitrogen and oxygen atoms in total. The average Bonchev–Trinajstić information content (AvgIpc) is 2.61. The van der Waals surface area contributed by atoms with E-state index in [2.05, 4.69) is 35.0 Å². The molecule has 0 radical (unpaired) electrons. The molecule has 0 saturated carbocycles. The minimum Gasteiger partial charge on any atom is -0.271 e. The number of rotatable bonds is 3. The summed E-state index contributed by atoms with van der Waals surface area (Å²) in [7, 11) is 0. The van der Waals surface area contributed by atoms with Crippen molar-refractivity contribution in [2.75, 3.05) is 17.3 Å². The van der Waals surface area contributed by atoms with Crippen molar-refractivity contribution in [3.63, 3.8) is 0 Å². The van der Waals surface area contributed by atoms with Gasteiger partial charge in [0, 0.05) is 22.5 Å². The van der Waals surface area contributed by atoms with Crippen molar-refractivity contribution in [1.82, 2.24) is 5.43 Å². The second-order valence-electron chi connectivity index (χ2n) is 4.51. The Balaban J connectivity index is 1.98. The maximum Gasteiger partial charge on any atom is 0.0546 e. The summed E-state index contributed by atoms with van der Waals surface area (Å²) >= 11 is 4.16. The van der Waals surface area contributed by atoms with E-state index in [1.807, 2.05) is 0 Å². The van der Waals surface area contributed by atoms with Crippen LogP contribution in [0.25, 0.3) is 0 Å². The fraction of sp³-hybridized carbons (Fsp3) is 0.833. The minimum absolute atomic E-state index is 0.413. The molecule has 0 spiro atoms. The fourth-order valence-corrected chi connectivity index (χ4v) is 5.34. The van der Waals surface area contributed by atoms with E-state index in [0.29, 0.717) is 11.3 Å². The molecule has 1 aliphatic heterocycles. The zero-order chi connectivity index (χ0) is 11.2. The predicted molar refractivity (Wildman–Crippen MR) is 75.9 cm³/mol. The first-order valence-corrected chi connectivity index (χ1v) is 8.46. The van der Waals surface area contributed by atoms with Gasteiger partial charge >= 0.3 is 0 Å². The van der Waals surface area contributed by atoms with Gasteiger partial charge in [0.05, 0.1) is 6.04 Å². The molecule has 1 heterocycles. The maximum atomic E-state index is 5.77. The van der Waals surface area contributed by atoms with Crippen molar-refractivity contribution >= 4 is 23.5 Å². The summed E-state index contributed by atoms with van der Waals surface area (Å²) in [6, 6.07) is 0.413. The smallest absolute Gasteiger partial charge is 0.0546 e. The monoisotopic (exact) mass is 258 g/mol. The van der Waals surface area contributed by atoms with Crippen molar-refractivity contribution < 1.29 is 0 Å². The third kappa shape index (κ3) is 3.42. The Hall–Kier alpha value is 0.360. The molecule has 0 aromatic carbocycles. The van der Waals surface area contributed by atoms with Crippen molar-refractivity contribution in [2.45, 2.75) is 43.4 Å². The number of nitrogens with one attached hydrogen (secondary N) is 1. The van der Waals surface area contributed by atoms with Crippen molar-refractivity contribution in [2.24, 2.45) is 5.84 Å². The van der Waals surface area contributed by atoms with Crippen LogP contribution in [0.15, 0.2) is 11.6 Å². The predicted octanol–water partition coefficient (Wildman–Crippen LogP) is 2.56. The van der Waals surface area contributed by atoms with Gasteiger partial charge in [0.1, 0.15) is 0 Å². The number of nitrogens with two attached hydrogens (primary N) is 1. The van der Waals surface area contributed by atoms with Crippen LogP contribution < -0.4 is 11.3 Å². The van der Waals surface area contributed by atoms with Crippen molar-refractivity contribution in [3.8, 4) is 0 Å². The number of thioether (sulfide) groups is 2. The highest BCUT2D eigenvalue weighted by molar-refractivity contribution is 8.06. The third-order valence-electron chi connectivity index (χ3n) is 3.37. The van der Waals surface area contributed by atoms with Crippen LogP contribution in [0, 0.1) is 0 Å². The molecule has 0 aromatic heterocycles. The first-order chi connectivity index (χ1) is 7.92. The first kappa shape index (κ1) is 12.8. The molecule has 1 aliphatic carbocycles. The van der Waals surface area contributed by atoms with Gasteiger partial charge in [0.2, 0.25) is 0 Å². The molecule has 2 rings (SSSR count). The molecule has 0 aromatic rings. The van der Waals surface area contributed by atoms with Crippen LogP contribution in [0.5, 0.6) is 0 Å². The fourth-order valence-electron chi connectivity index (χ4n) is 2.47. The van der Waals surface area contributed by atoms with E-state index in [9.17, 15) is 0 Å². The van der Waals surface area contributed by atoms with E-state index in [1.165, 1.54) is 49.4 Å². The Morgan fingerprint density at radius 2 is 2.25 bits per heavy atom. The third-order valence-corrected chi connectivity index (χ3v) is 6.23. The average molecular weight is 258 g/mol. The highest BCUT2D eigenvalue weighted by Crippen LogP contribution is 2.31. The SMILES string of the molecule is NNC(C1=CCCCCC1)C1CSCCS1. The van der Waals surface area contributed by atoms with Gasteiger partial charge in [-0.2, -0.15) is 23.5 Å². The minimum atomic E-state index is 0.413. The number of hydrogen-bond donors (Lipinski definition) is 2.